The number of nitrogens with zero attached hydrogens (tertiary/aromatic N) is 2. The van der Waals surface area contributed by atoms with Crippen LogP contribution < -0.4 is 10.5 Å². The molecule has 1 aliphatic carbocycles. The van der Waals surface area contributed by atoms with Gasteiger partial charge in [0, 0.05) is 17.1 Å². The molecule has 3 rings (SSSR count). The Hall–Kier alpha value is -1.68. The number of methoxy groups -OCH3 is 1. The zero-order chi connectivity index (χ0) is 12.0. The van der Waals surface area contributed by atoms with E-state index < -0.39 is 0 Å². The zero-order valence-electron chi connectivity index (χ0n) is 10.0. The third-order valence-corrected chi connectivity index (χ3v) is 3.33. The highest BCUT2D eigenvalue weighted by molar-refractivity contribution is 5.82. The Kier molecular flexibility index (Phi) is 2.10. The molecule has 0 spiro atoms. The first-order chi connectivity index (χ1) is 8.12. The molecule has 0 saturated heterocycles. The van der Waals surface area contributed by atoms with Gasteiger partial charge in [-0.05, 0) is 31.9 Å². The number of nitrogens with two attached hydrogens (primary N) is 1. The van der Waals surface area contributed by atoms with Crippen molar-refractivity contribution in [1.29, 1.82) is 0 Å². The largest absolute Gasteiger partial charge is 0.497 e. The smallest absolute Gasteiger partial charge is 0.149 e. The van der Waals surface area contributed by atoms with E-state index in [0.29, 0.717) is 0 Å². The van der Waals surface area contributed by atoms with Crippen LogP contribution in [0.4, 0.5) is 0 Å². The molecule has 0 atom stereocenters. The summed E-state index contributed by atoms with van der Waals surface area (Å²) in [7, 11) is 1.65. The van der Waals surface area contributed by atoms with Crippen molar-refractivity contribution in [2.24, 2.45) is 5.73 Å². The molecule has 1 aromatic carbocycles. The fourth-order valence-electron chi connectivity index (χ4n) is 1.98. The lowest BCUT2D eigenvalue weighted by atomic mass is 10.1. The van der Waals surface area contributed by atoms with Gasteiger partial charge < -0.3 is 10.5 Å². The molecule has 0 radical (unpaired) electrons. The van der Waals surface area contributed by atoms with E-state index >= 15 is 0 Å². The highest BCUT2D eigenvalue weighted by atomic mass is 16.5. The molecule has 4 heteroatoms. The van der Waals surface area contributed by atoms with Crippen LogP contribution in [-0.2, 0) is 5.54 Å². The topological polar surface area (TPSA) is 61.0 Å². The molecule has 88 valence electrons. The summed E-state index contributed by atoms with van der Waals surface area (Å²) < 4.78 is 5.21. The maximum atomic E-state index is 6.14. The van der Waals surface area contributed by atoms with Crippen molar-refractivity contribution in [2.45, 2.75) is 25.3 Å². The zero-order valence-corrected chi connectivity index (χ0v) is 10.0. The summed E-state index contributed by atoms with van der Waals surface area (Å²) in [4.78, 5) is 9.08. The summed E-state index contributed by atoms with van der Waals surface area (Å²) in [5.74, 6) is 1.57. The van der Waals surface area contributed by atoms with Crippen LogP contribution in [0.5, 0.6) is 5.75 Å². The van der Waals surface area contributed by atoms with E-state index in [-0.39, 0.29) is 5.54 Å². The Morgan fingerprint density at radius 3 is 2.71 bits per heavy atom. The summed E-state index contributed by atoms with van der Waals surface area (Å²) in [6.45, 7) is 1.99. The first-order valence-electron chi connectivity index (χ1n) is 5.74. The first kappa shape index (κ1) is 10.5. The van der Waals surface area contributed by atoms with E-state index in [2.05, 4.69) is 9.97 Å². The Morgan fingerprint density at radius 2 is 2.06 bits per heavy atom. The Balaban J connectivity index is 2.22. The second kappa shape index (κ2) is 3.40. The van der Waals surface area contributed by atoms with Crippen molar-refractivity contribution in [3.05, 3.63) is 29.7 Å². The van der Waals surface area contributed by atoms with Crippen LogP contribution in [0.3, 0.4) is 0 Å². The van der Waals surface area contributed by atoms with E-state index in [9.17, 15) is 0 Å². The molecule has 1 aliphatic rings. The van der Waals surface area contributed by atoms with Crippen molar-refractivity contribution in [1.82, 2.24) is 9.97 Å². The number of aromatic nitrogens is 2. The van der Waals surface area contributed by atoms with Gasteiger partial charge in [-0.15, -0.1) is 0 Å². The SMILES string of the molecule is COc1ccc2c(C)nc(C3(N)CC3)nc2c1. The molecule has 0 bridgehead atoms. The van der Waals surface area contributed by atoms with Gasteiger partial charge in [-0.25, -0.2) is 9.97 Å². The van der Waals surface area contributed by atoms with Crippen LogP contribution in [-0.4, -0.2) is 17.1 Å². The Morgan fingerprint density at radius 1 is 1.29 bits per heavy atom. The van der Waals surface area contributed by atoms with Gasteiger partial charge in [0.15, 0.2) is 0 Å². The minimum atomic E-state index is -0.290. The van der Waals surface area contributed by atoms with Crippen molar-refractivity contribution in [3.63, 3.8) is 0 Å². The van der Waals surface area contributed by atoms with Gasteiger partial charge in [-0.3, -0.25) is 0 Å². The van der Waals surface area contributed by atoms with E-state index in [0.717, 1.165) is 41.0 Å². The normalized spacial score (nSPS) is 17.1. The lowest BCUT2D eigenvalue weighted by Gasteiger charge is -2.10. The van der Waals surface area contributed by atoms with Crippen LogP contribution in [0.2, 0.25) is 0 Å². The minimum Gasteiger partial charge on any atom is -0.497 e. The van der Waals surface area contributed by atoms with E-state index in [1.165, 1.54) is 0 Å². The van der Waals surface area contributed by atoms with Crippen LogP contribution in [0, 0.1) is 6.92 Å². The molecule has 2 N–H and O–H groups in total. The third-order valence-electron chi connectivity index (χ3n) is 3.33. The molecule has 0 aliphatic heterocycles. The lowest BCUT2D eigenvalue weighted by Crippen LogP contribution is -2.22. The fraction of sp³-hybridized carbons (Fsp3) is 0.385. The molecule has 1 heterocycles. The Labute approximate surface area is 99.8 Å². The van der Waals surface area contributed by atoms with E-state index in [1.807, 2.05) is 25.1 Å². The van der Waals surface area contributed by atoms with Crippen LogP contribution in [0.1, 0.15) is 24.4 Å². The van der Waals surface area contributed by atoms with Gasteiger partial charge in [-0.2, -0.15) is 0 Å². The van der Waals surface area contributed by atoms with Gasteiger partial charge in [0.25, 0.3) is 0 Å². The van der Waals surface area contributed by atoms with Crippen molar-refractivity contribution in [2.75, 3.05) is 7.11 Å². The quantitative estimate of drug-likeness (QED) is 0.854. The summed E-state index contributed by atoms with van der Waals surface area (Å²) in [6.07, 6.45) is 1.95. The average Bonchev–Trinajstić information content (AvgIpc) is 3.08. The number of fused-ring (bicyclic) bond motifs is 1. The number of hydrogen-bond donors (Lipinski definition) is 1. The van der Waals surface area contributed by atoms with Crippen molar-refractivity contribution in [3.8, 4) is 5.75 Å². The predicted molar refractivity (Wildman–Crippen MR) is 65.9 cm³/mol. The number of rotatable bonds is 2. The molecule has 17 heavy (non-hydrogen) atoms. The molecule has 1 aromatic heterocycles. The van der Waals surface area contributed by atoms with Gasteiger partial charge >= 0.3 is 0 Å². The van der Waals surface area contributed by atoms with Crippen LogP contribution in [0.25, 0.3) is 10.9 Å². The summed E-state index contributed by atoms with van der Waals surface area (Å²) in [6, 6.07) is 5.84. The van der Waals surface area contributed by atoms with Gasteiger partial charge in [-0.1, -0.05) is 0 Å². The summed E-state index contributed by atoms with van der Waals surface area (Å²) >= 11 is 0. The van der Waals surface area contributed by atoms with E-state index in [4.69, 9.17) is 10.5 Å². The molecule has 0 amide bonds. The lowest BCUT2D eigenvalue weighted by molar-refractivity contribution is 0.415. The number of hydrogen-bond acceptors (Lipinski definition) is 4. The molecule has 0 unspecified atom stereocenters. The molecule has 2 aromatic rings. The second-order valence-corrected chi connectivity index (χ2v) is 4.67. The predicted octanol–water partition coefficient (Wildman–Crippen LogP) is 1.89. The molecular formula is C13H15N3O. The number of benzene rings is 1. The molecular weight excluding hydrogens is 214 g/mol. The third kappa shape index (κ3) is 1.65. The molecule has 1 saturated carbocycles. The monoisotopic (exact) mass is 229 g/mol. The molecule has 1 fully saturated rings. The van der Waals surface area contributed by atoms with Gasteiger partial charge in [0.05, 0.1) is 18.2 Å². The van der Waals surface area contributed by atoms with Gasteiger partial charge in [0.1, 0.15) is 11.6 Å². The van der Waals surface area contributed by atoms with Crippen LogP contribution >= 0.6 is 0 Å². The second-order valence-electron chi connectivity index (χ2n) is 4.67. The van der Waals surface area contributed by atoms with Crippen molar-refractivity contribution < 1.29 is 4.74 Å². The summed E-state index contributed by atoms with van der Waals surface area (Å²) in [5.41, 5.74) is 7.73. The fourth-order valence-corrected chi connectivity index (χ4v) is 1.98. The standard InChI is InChI=1S/C13H15N3O/c1-8-10-4-3-9(17-2)7-11(10)16-12(15-8)13(14)5-6-13/h3-4,7H,5-6,14H2,1-2H3. The number of aryl methyl sites for hydroxylation is 1. The highest BCUT2D eigenvalue weighted by Crippen LogP contribution is 2.41. The van der Waals surface area contributed by atoms with E-state index in [1.54, 1.807) is 7.11 Å². The number of ether oxygens (including phenoxy) is 1. The Bertz CT molecular complexity index is 590. The van der Waals surface area contributed by atoms with Crippen LogP contribution in [0.15, 0.2) is 18.2 Å². The minimum absolute atomic E-state index is 0.290. The highest BCUT2D eigenvalue weighted by Gasteiger charge is 2.43. The van der Waals surface area contributed by atoms with Crippen molar-refractivity contribution >= 4 is 10.9 Å². The van der Waals surface area contributed by atoms with Gasteiger partial charge in [0.2, 0.25) is 0 Å². The maximum Gasteiger partial charge on any atom is 0.149 e. The summed E-state index contributed by atoms with van der Waals surface area (Å²) in [5, 5.41) is 1.05. The first-order valence-corrected chi connectivity index (χ1v) is 5.74. The maximum absolute atomic E-state index is 6.14. The molecule has 4 nitrogen and oxygen atoms in total. The average molecular weight is 229 g/mol.